The number of halogens is 1. The molecule has 94 valence electrons. The molecule has 2 heterocycles. The summed E-state index contributed by atoms with van der Waals surface area (Å²) in [4.78, 5) is 10.8. The van der Waals surface area contributed by atoms with Crippen molar-refractivity contribution < 1.29 is 0 Å². The topological polar surface area (TPSA) is 53.1 Å². The maximum Gasteiger partial charge on any atom is 0.222 e. The lowest BCUT2D eigenvalue weighted by atomic mass is 10.3. The molecule has 1 fully saturated rings. The van der Waals surface area contributed by atoms with Crippen LogP contribution in [0.5, 0.6) is 0 Å². The predicted molar refractivity (Wildman–Crippen MR) is 72.1 cm³/mol. The molecule has 1 aliphatic heterocycles. The molecule has 1 aliphatic rings. The molecule has 0 aliphatic carbocycles. The van der Waals surface area contributed by atoms with Crippen LogP contribution in [-0.4, -0.2) is 54.1 Å². The first-order chi connectivity index (χ1) is 8.34. The van der Waals surface area contributed by atoms with E-state index in [0.29, 0.717) is 5.95 Å². The maximum absolute atomic E-state index is 4.17. The standard InChI is InChI=1S/C11H18BrN5/c12-10-8-15-11(16-9-10)14-2-1-5-17-6-3-13-4-7-17/h8-9,13H,1-7H2,(H,14,15,16). The van der Waals surface area contributed by atoms with Crippen LogP contribution in [0.15, 0.2) is 16.9 Å². The van der Waals surface area contributed by atoms with Gasteiger partial charge in [-0.05, 0) is 28.9 Å². The monoisotopic (exact) mass is 299 g/mol. The van der Waals surface area contributed by atoms with Crippen LogP contribution in [0, 0.1) is 0 Å². The van der Waals surface area contributed by atoms with Crippen LogP contribution in [0.25, 0.3) is 0 Å². The van der Waals surface area contributed by atoms with Crippen molar-refractivity contribution in [3.05, 3.63) is 16.9 Å². The van der Waals surface area contributed by atoms with Crippen LogP contribution < -0.4 is 10.6 Å². The molecule has 1 aromatic rings. The molecular formula is C11H18BrN5. The van der Waals surface area contributed by atoms with Gasteiger partial charge in [-0.1, -0.05) is 0 Å². The van der Waals surface area contributed by atoms with E-state index in [0.717, 1.165) is 50.2 Å². The number of hydrogen-bond donors (Lipinski definition) is 2. The Morgan fingerprint density at radius 2 is 2.00 bits per heavy atom. The lowest BCUT2D eigenvalue weighted by Gasteiger charge is -2.27. The normalized spacial score (nSPS) is 17.0. The van der Waals surface area contributed by atoms with Gasteiger partial charge in [-0.2, -0.15) is 0 Å². The molecule has 1 aromatic heterocycles. The first-order valence-corrected chi connectivity index (χ1v) is 6.78. The number of piperazine rings is 1. The summed E-state index contributed by atoms with van der Waals surface area (Å²) < 4.78 is 0.906. The van der Waals surface area contributed by atoms with Gasteiger partial charge in [-0.3, -0.25) is 0 Å². The van der Waals surface area contributed by atoms with E-state index in [4.69, 9.17) is 0 Å². The van der Waals surface area contributed by atoms with Gasteiger partial charge in [0.2, 0.25) is 5.95 Å². The Balaban J connectivity index is 1.60. The molecule has 6 heteroatoms. The lowest BCUT2D eigenvalue weighted by molar-refractivity contribution is 0.240. The molecule has 2 rings (SSSR count). The number of hydrogen-bond acceptors (Lipinski definition) is 5. The SMILES string of the molecule is Brc1cnc(NCCCN2CCNCC2)nc1. The van der Waals surface area contributed by atoms with E-state index in [9.17, 15) is 0 Å². The van der Waals surface area contributed by atoms with E-state index in [-0.39, 0.29) is 0 Å². The second kappa shape index (κ2) is 6.88. The third-order valence-corrected chi connectivity index (χ3v) is 3.17. The van der Waals surface area contributed by atoms with Gasteiger partial charge in [0.15, 0.2) is 0 Å². The molecule has 0 radical (unpaired) electrons. The van der Waals surface area contributed by atoms with Crippen molar-refractivity contribution in [1.82, 2.24) is 20.2 Å². The van der Waals surface area contributed by atoms with Gasteiger partial charge in [0.25, 0.3) is 0 Å². The highest BCUT2D eigenvalue weighted by atomic mass is 79.9. The fourth-order valence-corrected chi connectivity index (χ4v) is 2.05. The summed E-state index contributed by atoms with van der Waals surface area (Å²) in [5, 5.41) is 6.58. The molecule has 0 spiro atoms. The van der Waals surface area contributed by atoms with Crippen LogP contribution in [0.2, 0.25) is 0 Å². The molecular weight excluding hydrogens is 282 g/mol. The van der Waals surface area contributed by atoms with E-state index in [1.165, 1.54) is 0 Å². The molecule has 5 nitrogen and oxygen atoms in total. The summed E-state index contributed by atoms with van der Waals surface area (Å²) in [6, 6.07) is 0. The number of nitrogens with one attached hydrogen (secondary N) is 2. The van der Waals surface area contributed by atoms with Crippen molar-refractivity contribution in [2.45, 2.75) is 6.42 Å². The second-order valence-electron chi connectivity index (χ2n) is 4.10. The van der Waals surface area contributed by atoms with Crippen LogP contribution in [0.3, 0.4) is 0 Å². The third-order valence-electron chi connectivity index (χ3n) is 2.76. The Morgan fingerprint density at radius 3 is 2.71 bits per heavy atom. The Bertz CT molecular complexity index is 323. The van der Waals surface area contributed by atoms with Crippen LogP contribution >= 0.6 is 15.9 Å². The van der Waals surface area contributed by atoms with E-state index in [1.807, 2.05) is 0 Å². The number of rotatable bonds is 5. The van der Waals surface area contributed by atoms with E-state index in [2.05, 4.69) is 41.4 Å². The van der Waals surface area contributed by atoms with Crippen molar-refractivity contribution in [1.29, 1.82) is 0 Å². The van der Waals surface area contributed by atoms with Crippen LogP contribution in [-0.2, 0) is 0 Å². The third kappa shape index (κ3) is 4.57. The van der Waals surface area contributed by atoms with Crippen molar-refractivity contribution >= 4 is 21.9 Å². The fraction of sp³-hybridized carbons (Fsp3) is 0.636. The maximum atomic E-state index is 4.17. The van der Waals surface area contributed by atoms with Crippen molar-refractivity contribution in [2.24, 2.45) is 0 Å². The summed E-state index contributed by atoms with van der Waals surface area (Å²) >= 11 is 3.31. The Hall–Kier alpha value is -0.720. The molecule has 0 amide bonds. The molecule has 0 bridgehead atoms. The summed E-state index contributed by atoms with van der Waals surface area (Å²) in [5.74, 6) is 0.702. The van der Waals surface area contributed by atoms with Crippen molar-refractivity contribution in [3.8, 4) is 0 Å². The van der Waals surface area contributed by atoms with Crippen LogP contribution in [0.4, 0.5) is 5.95 Å². The number of anilines is 1. The lowest BCUT2D eigenvalue weighted by Crippen LogP contribution is -2.44. The molecule has 2 N–H and O–H groups in total. The van der Waals surface area contributed by atoms with E-state index >= 15 is 0 Å². The van der Waals surface area contributed by atoms with Gasteiger partial charge >= 0.3 is 0 Å². The minimum atomic E-state index is 0.702. The predicted octanol–water partition coefficient (Wildman–Crippen LogP) is 0.946. The Kier molecular flexibility index (Phi) is 5.15. The van der Waals surface area contributed by atoms with Gasteiger partial charge in [0, 0.05) is 45.1 Å². The molecule has 0 unspecified atom stereocenters. The molecule has 0 aromatic carbocycles. The van der Waals surface area contributed by atoms with E-state index < -0.39 is 0 Å². The smallest absolute Gasteiger partial charge is 0.222 e. The molecule has 0 atom stereocenters. The highest BCUT2D eigenvalue weighted by Gasteiger charge is 2.08. The van der Waals surface area contributed by atoms with E-state index in [1.54, 1.807) is 12.4 Å². The van der Waals surface area contributed by atoms with Gasteiger partial charge in [-0.15, -0.1) is 0 Å². The summed E-state index contributed by atoms with van der Waals surface area (Å²) in [5.41, 5.74) is 0. The minimum Gasteiger partial charge on any atom is -0.354 e. The van der Waals surface area contributed by atoms with Crippen molar-refractivity contribution in [3.63, 3.8) is 0 Å². The average Bonchev–Trinajstić information content (AvgIpc) is 2.38. The largest absolute Gasteiger partial charge is 0.354 e. The molecule has 17 heavy (non-hydrogen) atoms. The zero-order valence-corrected chi connectivity index (χ0v) is 11.4. The summed E-state index contributed by atoms with van der Waals surface area (Å²) in [7, 11) is 0. The Labute approximate surface area is 110 Å². The summed E-state index contributed by atoms with van der Waals surface area (Å²) in [6.07, 6.45) is 4.64. The minimum absolute atomic E-state index is 0.702. The van der Waals surface area contributed by atoms with Crippen LogP contribution in [0.1, 0.15) is 6.42 Å². The first-order valence-electron chi connectivity index (χ1n) is 5.99. The first kappa shape index (κ1) is 12.7. The molecule has 1 saturated heterocycles. The number of aromatic nitrogens is 2. The highest BCUT2D eigenvalue weighted by molar-refractivity contribution is 9.10. The Morgan fingerprint density at radius 1 is 1.29 bits per heavy atom. The second-order valence-corrected chi connectivity index (χ2v) is 5.01. The quantitative estimate of drug-likeness (QED) is 0.793. The van der Waals surface area contributed by atoms with Gasteiger partial charge < -0.3 is 15.5 Å². The van der Waals surface area contributed by atoms with Gasteiger partial charge in [0.05, 0.1) is 4.47 Å². The fourth-order valence-electron chi connectivity index (χ4n) is 1.84. The molecule has 0 saturated carbocycles. The zero-order chi connectivity index (χ0) is 11.9. The van der Waals surface area contributed by atoms with Crippen molar-refractivity contribution in [2.75, 3.05) is 44.6 Å². The van der Waals surface area contributed by atoms with Gasteiger partial charge in [0.1, 0.15) is 0 Å². The average molecular weight is 300 g/mol. The highest BCUT2D eigenvalue weighted by Crippen LogP contribution is 2.06. The zero-order valence-electron chi connectivity index (χ0n) is 9.82. The summed E-state index contributed by atoms with van der Waals surface area (Å²) in [6.45, 7) is 6.62. The van der Waals surface area contributed by atoms with Gasteiger partial charge in [-0.25, -0.2) is 9.97 Å². The number of nitrogens with zero attached hydrogens (tertiary/aromatic N) is 3.